The van der Waals surface area contributed by atoms with Crippen molar-refractivity contribution in [2.24, 2.45) is 13.0 Å². The highest BCUT2D eigenvalue weighted by Crippen LogP contribution is 2.23. The predicted octanol–water partition coefficient (Wildman–Crippen LogP) is 2.98. The quantitative estimate of drug-likeness (QED) is 0.862. The molecule has 0 aliphatic heterocycles. The smallest absolute Gasteiger partial charge is 0.221 e. The van der Waals surface area contributed by atoms with Crippen LogP contribution in [-0.2, 0) is 11.8 Å². The van der Waals surface area contributed by atoms with Crippen molar-refractivity contribution < 1.29 is 4.79 Å². The van der Waals surface area contributed by atoms with Crippen molar-refractivity contribution in [2.45, 2.75) is 25.3 Å². The molecular formula is C18H21N3O. The lowest BCUT2D eigenvalue weighted by molar-refractivity contribution is -0.122. The molecule has 4 heteroatoms. The van der Waals surface area contributed by atoms with Crippen LogP contribution in [0.1, 0.15) is 36.7 Å². The van der Waals surface area contributed by atoms with Gasteiger partial charge in [0.25, 0.3) is 0 Å². The van der Waals surface area contributed by atoms with E-state index < -0.39 is 0 Å². The molecule has 22 heavy (non-hydrogen) atoms. The van der Waals surface area contributed by atoms with Crippen molar-refractivity contribution in [3.63, 3.8) is 0 Å². The van der Waals surface area contributed by atoms with Crippen molar-refractivity contribution >= 4 is 5.91 Å². The molecule has 0 saturated heterocycles. The average Bonchev–Trinajstić information content (AvgIpc) is 3.17. The molecule has 114 valence electrons. The first kappa shape index (κ1) is 14.6. The minimum absolute atomic E-state index is 0.0772. The summed E-state index contributed by atoms with van der Waals surface area (Å²) in [6.45, 7) is 0. The van der Waals surface area contributed by atoms with Gasteiger partial charge in [-0.05, 0) is 24.3 Å². The van der Waals surface area contributed by atoms with Crippen molar-refractivity contribution in [2.75, 3.05) is 0 Å². The number of imidazole rings is 1. The molecule has 0 unspecified atom stereocenters. The van der Waals surface area contributed by atoms with E-state index in [-0.39, 0.29) is 11.9 Å². The standard InChI is InChI=1S/C18H21N3O/c1-21-12-11-19-18(21)17(15-9-3-2-4-10-15)20-16(22)13-14-7-5-6-8-14/h2-5,7,9-12,14,17H,6,8,13H2,1H3,(H,20,22)/t14-,17-/m1/s1. The molecule has 0 bridgehead atoms. The molecule has 4 nitrogen and oxygen atoms in total. The summed E-state index contributed by atoms with van der Waals surface area (Å²) in [5.74, 6) is 1.30. The number of hydrogen-bond donors (Lipinski definition) is 1. The van der Waals surface area contributed by atoms with E-state index >= 15 is 0 Å². The molecule has 2 atom stereocenters. The molecule has 1 aliphatic rings. The molecular weight excluding hydrogens is 274 g/mol. The topological polar surface area (TPSA) is 46.9 Å². The monoisotopic (exact) mass is 295 g/mol. The van der Waals surface area contributed by atoms with Gasteiger partial charge in [0.2, 0.25) is 5.91 Å². The minimum Gasteiger partial charge on any atom is -0.342 e. The Morgan fingerprint density at radius 2 is 2.23 bits per heavy atom. The lowest BCUT2D eigenvalue weighted by Gasteiger charge is -2.20. The van der Waals surface area contributed by atoms with E-state index in [1.807, 2.05) is 48.1 Å². The van der Waals surface area contributed by atoms with Gasteiger partial charge in [0, 0.05) is 25.9 Å². The third-order valence-electron chi connectivity index (χ3n) is 4.11. The number of nitrogens with one attached hydrogen (secondary N) is 1. The molecule has 0 fully saturated rings. The van der Waals surface area contributed by atoms with Gasteiger partial charge in [0.15, 0.2) is 0 Å². The summed E-state index contributed by atoms with van der Waals surface area (Å²) in [7, 11) is 1.95. The van der Waals surface area contributed by atoms with Crippen LogP contribution in [0.5, 0.6) is 0 Å². The summed E-state index contributed by atoms with van der Waals surface area (Å²) in [4.78, 5) is 16.8. The zero-order chi connectivity index (χ0) is 15.4. The lowest BCUT2D eigenvalue weighted by atomic mass is 10.0. The highest BCUT2D eigenvalue weighted by molar-refractivity contribution is 5.77. The number of carbonyl (C=O) groups is 1. The Hall–Kier alpha value is -2.36. The van der Waals surface area contributed by atoms with E-state index in [2.05, 4.69) is 22.5 Å². The summed E-state index contributed by atoms with van der Waals surface area (Å²) in [6, 6.07) is 9.78. The van der Waals surface area contributed by atoms with Crippen molar-refractivity contribution in [3.8, 4) is 0 Å². The van der Waals surface area contributed by atoms with E-state index in [4.69, 9.17) is 0 Å². The number of nitrogens with zero attached hydrogens (tertiary/aromatic N) is 2. The van der Waals surface area contributed by atoms with Crippen LogP contribution < -0.4 is 5.32 Å². The lowest BCUT2D eigenvalue weighted by Crippen LogP contribution is -2.31. The maximum absolute atomic E-state index is 12.4. The fourth-order valence-electron chi connectivity index (χ4n) is 2.92. The number of aryl methyl sites for hydroxylation is 1. The largest absolute Gasteiger partial charge is 0.342 e. The molecule has 0 saturated carbocycles. The second kappa shape index (κ2) is 6.60. The molecule has 1 N–H and O–H groups in total. The molecule has 2 aromatic rings. The maximum atomic E-state index is 12.4. The molecule has 0 radical (unpaired) electrons. The molecule has 1 aromatic heterocycles. The number of rotatable bonds is 5. The SMILES string of the molecule is Cn1ccnc1[C@H](NC(=O)C[C@@H]1C=CCC1)c1ccccc1. The zero-order valence-electron chi connectivity index (χ0n) is 12.8. The Labute approximate surface area is 130 Å². The molecule has 1 aromatic carbocycles. The van der Waals surface area contributed by atoms with Gasteiger partial charge < -0.3 is 9.88 Å². The van der Waals surface area contributed by atoms with Crippen LogP contribution >= 0.6 is 0 Å². The van der Waals surface area contributed by atoms with Crippen LogP contribution in [0, 0.1) is 5.92 Å². The number of allylic oxidation sites excluding steroid dienone is 2. The fourth-order valence-corrected chi connectivity index (χ4v) is 2.92. The van der Waals surface area contributed by atoms with Gasteiger partial charge in [-0.25, -0.2) is 4.98 Å². The van der Waals surface area contributed by atoms with Crippen LogP contribution in [0.15, 0.2) is 54.9 Å². The van der Waals surface area contributed by atoms with Crippen LogP contribution in [0.3, 0.4) is 0 Å². The number of hydrogen-bond acceptors (Lipinski definition) is 2. The third-order valence-corrected chi connectivity index (χ3v) is 4.11. The predicted molar refractivity (Wildman–Crippen MR) is 86.1 cm³/mol. The third kappa shape index (κ3) is 3.27. The Morgan fingerprint density at radius 3 is 2.86 bits per heavy atom. The average molecular weight is 295 g/mol. The van der Waals surface area contributed by atoms with Crippen molar-refractivity contribution in [3.05, 3.63) is 66.3 Å². The Kier molecular flexibility index (Phi) is 4.37. The highest BCUT2D eigenvalue weighted by Gasteiger charge is 2.22. The second-order valence-electron chi connectivity index (χ2n) is 5.78. The van der Waals surface area contributed by atoms with Gasteiger partial charge in [0.1, 0.15) is 11.9 Å². The summed E-state index contributed by atoms with van der Waals surface area (Å²) in [5.41, 5.74) is 1.05. The summed E-state index contributed by atoms with van der Waals surface area (Å²) >= 11 is 0. The summed E-state index contributed by atoms with van der Waals surface area (Å²) < 4.78 is 1.95. The zero-order valence-corrected chi connectivity index (χ0v) is 12.8. The Balaban J connectivity index is 1.78. The molecule has 3 rings (SSSR count). The van der Waals surface area contributed by atoms with Crippen molar-refractivity contribution in [1.82, 2.24) is 14.9 Å². The minimum atomic E-state index is -0.209. The molecule has 0 spiro atoms. The number of amides is 1. The van der Waals surface area contributed by atoms with Crippen LogP contribution in [-0.4, -0.2) is 15.5 Å². The Bertz CT molecular complexity index is 660. The van der Waals surface area contributed by atoms with Gasteiger partial charge in [-0.3, -0.25) is 4.79 Å². The highest BCUT2D eigenvalue weighted by atomic mass is 16.1. The first-order valence-corrected chi connectivity index (χ1v) is 7.72. The van der Waals surface area contributed by atoms with Gasteiger partial charge in [-0.2, -0.15) is 0 Å². The van der Waals surface area contributed by atoms with E-state index in [1.165, 1.54) is 0 Å². The van der Waals surface area contributed by atoms with E-state index in [1.54, 1.807) is 6.20 Å². The second-order valence-corrected chi connectivity index (χ2v) is 5.78. The van der Waals surface area contributed by atoms with Crippen molar-refractivity contribution in [1.29, 1.82) is 0 Å². The first-order valence-electron chi connectivity index (χ1n) is 7.72. The van der Waals surface area contributed by atoms with E-state index in [0.717, 1.165) is 24.2 Å². The van der Waals surface area contributed by atoms with Gasteiger partial charge in [-0.1, -0.05) is 42.5 Å². The number of carbonyl (C=O) groups excluding carboxylic acids is 1. The van der Waals surface area contributed by atoms with E-state index in [9.17, 15) is 4.79 Å². The maximum Gasteiger partial charge on any atom is 0.221 e. The van der Waals surface area contributed by atoms with Crippen LogP contribution in [0.25, 0.3) is 0 Å². The van der Waals surface area contributed by atoms with Gasteiger partial charge >= 0.3 is 0 Å². The summed E-state index contributed by atoms with van der Waals surface area (Å²) in [5, 5.41) is 3.15. The van der Waals surface area contributed by atoms with Gasteiger partial charge in [0.05, 0.1) is 0 Å². The van der Waals surface area contributed by atoms with Crippen LogP contribution in [0.4, 0.5) is 0 Å². The summed E-state index contributed by atoms with van der Waals surface area (Å²) in [6.07, 6.45) is 10.7. The number of benzene rings is 1. The number of aromatic nitrogens is 2. The Morgan fingerprint density at radius 1 is 1.41 bits per heavy atom. The molecule has 1 amide bonds. The normalized spacial score (nSPS) is 18.3. The van der Waals surface area contributed by atoms with Gasteiger partial charge in [-0.15, -0.1) is 0 Å². The molecule has 1 aliphatic carbocycles. The molecule has 1 heterocycles. The van der Waals surface area contributed by atoms with E-state index in [0.29, 0.717) is 12.3 Å². The van der Waals surface area contributed by atoms with Crippen LogP contribution in [0.2, 0.25) is 0 Å². The fraction of sp³-hybridized carbons (Fsp3) is 0.333. The first-order chi connectivity index (χ1) is 10.7.